The maximum atomic E-state index is 12.2. The molecule has 0 spiro atoms. The Morgan fingerprint density at radius 1 is 1.20 bits per heavy atom. The summed E-state index contributed by atoms with van der Waals surface area (Å²) in [7, 11) is 3.14. The van der Waals surface area contributed by atoms with Gasteiger partial charge in [0.25, 0.3) is 5.91 Å². The van der Waals surface area contributed by atoms with E-state index in [0.717, 1.165) is 16.3 Å². The molecular weight excluding hydrogens is 274 g/mol. The highest BCUT2D eigenvalue weighted by Gasteiger charge is 2.16. The normalized spacial score (nSPS) is 10.3. The largest absolute Gasteiger partial charge is 0.497 e. The Kier molecular flexibility index (Phi) is 5.15. The zero-order valence-electron chi connectivity index (χ0n) is 11.5. The molecule has 1 heterocycles. The van der Waals surface area contributed by atoms with E-state index in [9.17, 15) is 4.79 Å². The monoisotopic (exact) mass is 291 g/mol. The van der Waals surface area contributed by atoms with Crippen molar-refractivity contribution >= 4 is 22.9 Å². The lowest BCUT2D eigenvalue weighted by atomic mass is 10.2. The van der Waals surface area contributed by atoms with Crippen molar-refractivity contribution in [2.24, 2.45) is 0 Å². The second-order valence-electron chi connectivity index (χ2n) is 4.19. The van der Waals surface area contributed by atoms with E-state index < -0.39 is 0 Å². The third kappa shape index (κ3) is 3.59. The van der Waals surface area contributed by atoms with Crippen molar-refractivity contribution in [1.82, 2.24) is 0 Å². The highest BCUT2D eigenvalue weighted by molar-refractivity contribution is 7.09. The zero-order chi connectivity index (χ0) is 14.4. The minimum absolute atomic E-state index is 0.0638. The fourth-order valence-electron chi connectivity index (χ4n) is 1.85. The summed E-state index contributed by atoms with van der Waals surface area (Å²) < 4.78 is 10.1. The van der Waals surface area contributed by atoms with Gasteiger partial charge in [-0.1, -0.05) is 6.07 Å². The first-order chi connectivity index (χ1) is 9.74. The highest BCUT2D eigenvalue weighted by Crippen LogP contribution is 2.22. The van der Waals surface area contributed by atoms with Crippen molar-refractivity contribution in [3.63, 3.8) is 0 Å². The molecular formula is C15H17NO3S. The quantitative estimate of drug-likeness (QED) is 0.821. The minimum Gasteiger partial charge on any atom is -0.497 e. The van der Waals surface area contributed by atoms with E-state index in [4.69, 9.17) is 9.47 Å². The average molecular weight is 291 g/mol. The summed E-state index contributed by atoms with van der Waals surface area (Å²) >= 11 is 1.63. The van der Waals surface area contributed by atoms with E-state index in [2.05, 4.69) is 0 Å². The van der Waals surface area contributed by atoms with Crippen molar-refractivity contribution < 1.29 is 14.3 Å². The van der Waals surface area contributed by atoms with E-state index in [1.807, 2.05) is 41.8 Å². The number of methoxy groups -OCH3 is 2. The summed E-state index contributed by atoms with van der Waals surface area (Å²) in [4.78, 5) is 15.0. The van der Waals surface area contributed by atoms with E-state index >= 15 is 0 Å². The molecule has 1 aromatic heterocycles. The molecule has 0 aliphatic carbocycles. The lowest BCUT2D eigenvalue weighted by molar-refractivity contribution is -0.122. The third-order valence-corrected chi connectivity index (χ3v) is 3.71. The molecule has 0 aliphatic heterocycles. The van der Waals surface area contributed by atoms with Gasteiger partial charge in [-0.25, -0.2) is 0 Å². The SMILES string of the molecule is COCC(=O)N(Cc1cccs1)c1ccc(OC)cc1. The predicted molar refractivity (Wildman–Crippen MR) is 80.4 cm³/mol. The number of thiophene rings is 1. The number of rotatable bonds is 6. The molecule has 0 radical (unpaired) electrons. The van der Waals surface area contributed by atoms with Crippen LogP contribution in [0.1, 0.15) is 4.88 Å². The number of ether oxygens (including phenoxy) is 2. The Morgan fingerprint density at radius 3 is 2.50 bits per heavy atom. The van der Waals surface area contributed by atoms with Crippen LogP contribution in [-0.4, -0.2) is 26.7 Å². The van der Waals surface area contributed by atoms with Crippen molar-refractivity contribution in [3.8, 4) is 5.75 Å². The summed E-state index contributed by atoms with van der Waals surface area (Å²) in [5.74, 6) is 0.704. The van der Waals surface area contributed by atoms with Crippen molar-refractivity contribution in [2.45, 2.75) is 6.54 Å². The number of nitrogens with zero attached hydrogens (tertiary/aromatic N) is 1. The molecule has 4 nitrogen and oxygen atoms in total. The van der Waals surface area contributed by atoms with E-state index in [-0.39, 0.29) is 12.5 Å². The van der Waals surface area contributed by atoms with Crippen LogP contribution in [0.25, 0.3) is 0 Å². The molecule has 0 unspecified atom stereocenters. The van der Waals surface area contributed by atoms with Gasteiger partial charge in [0, 0.05) is 17.7 Å². The second-order valence-corrected chi connectivity index (χ2v) is 5.22. The smallest absolute Gasteiger partial charge is 0.253 e. The van der Waals surface area contributed by atoms with E-state index in [1.165, 1.54) is 7.11 Å². The topological polar surface area (TPSA) is 38.8 Å². The first kappa shape index (κ1) is 14.6. The third-order valence-electron chi connectivity index (χ3n) is 2.85. The van der Waals surface area contributed by atoms with Crippen LogP contribution in [-0.2, 0) is 16.1 Å². The van der Waals surface area contributed by atoms with Gasteiger partial charge in [-0.3, -0.25) is 4.79 Å². The Hall–Kier alpha value is -1.85. The minimum atomic E-state index is -0.0638. The zero-order valence-corrected chi connectivity index (χ0v) is 12.4. The van der Waals surface area contributed by atoms with Gasteiger partial charge in [-0.2, -0.15) is 0 Å². The van der Waals surface area contributed by atoms with Crippen molar-refractivity contribution in [2.75, 3.05) is 25.7 Å². The standard InChI is InChI=1S/C15H17NO3S/c1-18-11-15(17)16(10-14-4-3-9-20-14)12-5-7-13(19-2)8-6-12/h3-9H,10-11H2,1-2H3. The molecule has 2 aromatic rings. The highest BCUT2D eigenvalue weighted by atomic mass is 32.1. The van der Waals surface area contributed by atoms with Crippen LogP contribution in [0.15, 0.2) is 41.8 Å². The van der Waals surface area contributed by atoms with E-state index in [0.29, 0.717) is 6.54 Å². The second kappa shape index (κ2) is 7.07. The van der Waals surface area contributed by atoms with Crippen LogP contribution in [0.5, 0.6) is 5.75 Å². The van der Waals surface area contributed by atoms with Crippen LogP contribution in [0, 0.1) is 0 Å². The number of hydrogen-bond donors (Lipinski definition) is 0. The molecule has 1 amide bonds. The van der Waals surface area contributed by atoms with Gasteiger partial charge in [0.05, 0.1) is 13.7 Å². The fraction of sp³-hybridized carbons (Fsp3) is 0.267. The molecule has 5 heteroatoms. The van der Waals surface area contributed by atoms with Gasteiger partial charge in [0.15, 0.2) is 0 Å². The molecule has 0 atom stereocenters. The first-order valence-corrected chi connectivity index (χ1v) is 7.08. The molecule has 0 N–H and O–H groups in total. The van der Waals surface area contributed by atoms with Crippen LogP contribution < -0.4 is 9.64 Å². The summed E-state index contributed by atoms with van der Waals surface area (Å²) in [5, 5.41) is 2.00. The number of hydrogen-bond acceptors (Lipinski definition) is 4. The number of benzene rings is 1. The molecule has 2 rings (SSSR count). The maximum absolute atomic E-state index is 12.2. The Bertz CT molecular complexity index is 537. The van der Waals surface area contributed by atoms with Crippen LogP contribution in [0.4, 0.5) is 5.69 Å². The Morgan fingerprint density at radius 2 is 1.95 bits per heavy atom. The summed E-state index contributed by atoms with van der Waals surface area (Å²) in [5.41, 5.74) is 0.834. The Labute approximate surface area is 122 Å². The lowest BCUT2D eigenvalue weighted by Gasteiger charge is -2.22. The average Bonchev–Trinajstić information content (AvgIpc) is 2.98. The molecule has 0 saturated heterocycles. The number of carbonyl (C=O) groups is 1. The van der Waals surface area contributed by atoms with Crippen molar-refractivity contribution in [3.05, 3.63) is 46.7 Å². The molecule has 0 bridgehead atoms. The lowest BCUT2D eigenvalue weighted by Crippen LogP contribution is -2.33. The van der Waals surface area contributed by atoms with E-state index in [1.54, 1.807) is 23.3 Å². The molecule has 1 aromatic carbocycles. The molecule has 106 valence electrons. The van der Waals surface area contributed by atoms with Crippen molar-refractivity contribution in [1.29, 1.82) is 0 Å². The summed E-state index contributed by atoms with van der Waals surface area (Å²) in [6.07, 6.45) is 0. The van der Waals surface area contributed by atoms with Gasteiger partial charge < -0.3 is 14.4 Å². The van der Waals surface area contributed by atoms with Gasteiger partial charge >= 0.3 is 0 Å². The van der Waals surface area contributed by atoms with Gasteiger partial charge in [-0.15, -0.1) is 11.3 Å². The predicted octanol–water partition coefficient (Wildman–Crippen LogP) is 2.94. The number of carbonyl (C=O) groups excluding carboxylic acids is 1. The first-order valence-electron chi connectivity index (χ1n) is 6.20. The number of amides is 1. The molecule has 0 aliphatic rings. The van der Waals surface area contributed by atoms with Gasteiger partial charge in [0.1, 0.15) is 12.4 Å². The summed E-state index contributed by atoms with van der Waals surface area (Å²) in [6.45, 7) is 0.615. The van der Waals surface area contributed by atoms with Gasteiger partial charge in [0.2, 0.25) is 0 Å². The Balaban J connectivity index is 2.22. The maximum Gasteiger partial charge on any atom is 0.253 e. The van der Waals surface area contributed by atoms with Gasteiger partial charge in [-0.05, 0) is 35.7 Å². The molecule has 20 heavy (non-hydrogen) atoms. The van der Waals surface area contributed by atoms with Crippen LogP contribution in [0.3, 0.4) is 0 Å². The molecule has 0 saturated carbocycles. The molecule has 0 fully saturated rings. The fourth-order valence-corrected chi connectivity index (χ4v) is 2.54. The summed E-state index contributed by atoms with van der Waals surface area (Å²) in [6, 6.07) is 11.4. The van der Waals surface area contributed by atoms with Crippen LogP contribution in [0.2, 0.25) is 0 Å². The van der Waals surface area contributed by atoms with Crippen LogP contribution >= 0.6 is 11.3 Å². The number of anilines is 1.